The highest BCUT2D eigenvalue weighted by molar-refractivity contribution is 5.96. The molecule has 18 aliphatic rings. The monoisotopic (exact) mass is 544 g/mol. The van der Waals surface area contributed by atoms with Crippen molar-refractivity contribution in [2.24, 2.45) is 117 Å². The van der Waals surface area contributed by atoms with Gasteiger partial charge in [0.2, 0.25) is 0 Å². The van der Waals surface area contributed by atoms with Gasteiger partial charge in [-0.25, -0.2) is 8.78 Å². The molecule has 0 aromatic heterocycles. The average Bonchev–Trinajstić information content (AvgIpc) is 3.50. The molecule has 18 rings (SSSR count). The van der Waals surface area contributed by atoms with Crippen molar-refractivity contribution in [3.8, 4) is 0 Å². The Morgan fingerprint density at radius 1 is 0.357 bits per heavy atom. The highest BCUT2D eigenvalue weighted by Crippen LogP contribution is 3.14. The topological polar surface area (TPSA) is 0 Å². The van der Waals surface area contributed by atoms with E-state index in [0.29, 0.717) is 82.9 Å². The first kappa shape index (κ1) is 18.4. The number of alkyl halides is 2. The first-order chi connectivity index (χ1) is 20.7. The van der Waals surface area contributed by atoms with Crippen molar-refractivity contribution in [1.29, 1.82) is 0 Å². The maximum atomic E-state index is 17.9. The molecule has 2 heteroatoms. The summed E-state index contributed by atoms with van der Waals surface area (Å²) in [6.07, 6.45) is 20.9. The summed E-state index contributed by atoms with van der Waals surface area (Å²) in [6.45, 7) is 0. The van der Waals surface area contributed by atoms with E-state index >= 15 is 8.78 Å². The molecule has 0 aromatic carbocycles. The third-order valence-corrected chi connectivity index (χ3v) is 19.4. The first-order valence-corrected chi connectivity index (χ1v) is 17.5. The third-order valence-electron chi connectivity index (χ3n) is 19.4. The fraction of sp³-hybridized carbons (Fsp3) is 0.550. The van der Waals surface area contributed by atoms with Crippen LogP contribution in [0.4, 0.5) is 8.78 Å². The second kappa shape index (κ2) is 4.21. The zero-order valence-electron chi connectivity index (χ0n) is 22.8. The van der Waals surface area contributed by atoms with Crippen LogP contribution >= 0.6 is 0 Å². The van der Waals surface area contributed by atoms with Crippen molar-refractivity contribution in [3.05, 3.63) is 104 Å². The first-order valence-electron chi connectivity index (χ1n) is 17.5. The average molecular weight is 545 g/mol. The van der Waals surface area contributed by atoms with E-state index < -0.39 is 22.2 Å². The second-order valence-electron chi connectivity index (χ2n) is 18.4. The summed E-state index contributed by atoms with van der Waals surface area (Å²) in [7, 11) is 0. The molecule has 200 valence electrons. The minimum Gasteiger partial charge on any atom is -0.239 e. The van der Waals surface area contributed by atoms with Gasteiger partial charge in [-0.1, -0.05) is 65.3 Å². The van der Waals surface area contributed by atoms with Gasteiger partial charge >= 0.3 is 0 Å². The van der Waals surface area contributed by atoms with Gasteiger partial charge in [-0.15, -0.1) is 0 Å². The lowest BCUT2D eigenvalue weighted by molar-refractivity contribution is -0.0604. The SMILES string of the molecule is FC12C3C4C=CC5C6C=CC7C8C=CC9C%10C=CC%11C%12C%13=C%14C%15=C(C9C8C8=C%15C9=C(C6C87)C5C4C(=C9%14)C31C%131C%11C21F)C%10%12. The van der Waals surface area contributed by atoms with Crippen LogP contribution in [0.25, 0.3) is 0 Å². The van der Waals surface area contributed by atoms with Crippen LogP contribution < -0.4 is 0 Å². The third kappa shape index (κ3) is 0.984. The lowest BCUT2D eigenvalue weighted by Crippen LogP contribution is -2.59. The molecule has 0 heterocycles. The standard InChI is InChI=1S/C40H26F2/c41-39-35-15-7-5-13-11-3-1-9-10-2-4-12-14-6-8-16-24-22(14)27-20(12)18(10)25-17(9)19(11)26-21(13)23(15)33-31-29(26)28(25)30(27)32(31)34(24)38(37(33,35)39)36(16)40(38,39)42/h1-24,35-36H. The van der Waals surface area contributed by atoms with E-state index in [1.165, 1.54) is 11.1 Å². The molecule has 0 saturated heterocycles. The minimum atomic E-state index is -1.61. The van der Waals surface area contributed by atoms with Gasteiger partial charge in [-0.05, 0) is 134 Å². The summed E-state index contributed by atoms with van der Waals surface area (Å²) in [6, 6.07) is 0. The number of allylic oxidation sites excluding steroid dienone is 18. The molecule has 0 N–H and O–H groups in total. The Morgan fingerprint density at radius 3 is 1.00 bits per heavy atom. The molecule has 0 aliphatic heterocycles. The van der Waals surface area contributed by atoms with Crippen molar-refractivity contribution in [1.82, 2.24) is 0 Å². The lowest BCUT2D eigenvalue weighted by atomic mass is 9.48. The number of rotatable bonds is 0. The zero-order chi connectivity index (χ0) is 25.8. The Kier molecular flexibility index (Phi) is 1.84. The highest BCUT2D eigenvalue weighted by Gasteiger charge is 3.22. The number of halogens is 2. The molecule has 42 heavy (non-hydrogen) atoms. The van der Waals surface area contributed by atoms with Gasteiger partial charge in [-0.3, -0.25) is 0 Å². The van der Waals surface area contributed by atoms with Crippen LogP contribution in [0.2, 0.25) is 0 Å². The van der Waals surface area contributed by atoms with Crippen LogP contribution in [0.5, 0.6) is 0 Å². The molecule has 9 fully saturated rings. The van der Waals surface area contributed by atoms with Crippen molar-refractivity contribution in [2.45, 2.75) is 11.3 Å². The van der Waals surface area contributed by atoms with Crippen LogP contribution in [0.1, 0.15) is 0 Å². The van der Waals surface area contributed by atoms with Crippen LogP contribution in [-0.4, -0.2) is 11.3 Å². The number of hydrogen-bond donors (Lipinski definition) is 0. The van der Waals surface area contributed by atoms with Crippen LogP contribution in [0.15, 0.2) is 104 Å². The molecule has 22 unspecified atom stereocenters. The Labute approximate surface area is 241 Å². The lowest BCUT2D eigenvalue weighted by Gasteiger charge is -2.56. The molecular weight excluding hydrogens is 518 g/mol. The molecule has 2 spiro atoms. The Bertz CT molecular complexity index is 2030. The largest absolute Gasteiger partial charge is 0.239 e. The molecule has 0 amide bonds. The van der Waals surface area contributed by atoms with Gasteiger partial charge in [0.1, 0.15) is 0 Å². The molecular formula is C40H26F2. The summed E-state index contributed by atoms with van der Waals surface area (Å²) in [4.78, 5) is 0. The van der Waals surface area contributed by atoms with Gasteiger partial charge in [-0.2, -0.15) is 0 Å². The van der Waals surface area contributed by atoms with E-state index in [9.17, 15) is 0 Å². The maximum absolute atomic E-state index is 17.9. The van der Waals surface area contributed by atoms with Crippen molar-refractivity contribution in [3.63, 3.8) is 0 Å². The van der Waals surface area contributed by atoms with Gasteiger partial charge in [0.15, 0.2) is 11.3 Å². The minimum absolute atomic E-state index is 0.102. The predicted octanol–water partition coefficient (Wildman–Crippen LogP) is 6.42. The Morgan fingerprint density at radius 2 is 0.643 bits per heavy atom. The van der Waals surface area contributed by atoms with Crippen molar-refractivity contribution < 1.29 is 8.78 Å². The quantitative estimate of drug-likeness (QED) is 0.309. The Hall–Kier alpha value is -2.48. The van der Waals surface area contributed by atoms with E-state index in [1.807, 2.05) is 16.7 Å². The summed E-state index contributed by atoms with van der Waals surface area (Å²) in [5.41, 5.74) is 12.5. The van der Waals surface area contributed by atoms with Gasteiger partial charge < -0.3 is 0 Å². The van der Waals surface area contributed by atoms with E-state index in [0.717, 1.165) is 0 Å². The summed E-state index contributed by atoms with van der Waals surface area (Å²) >= 11 is 0. The number of fused-ring (bicyclic) bond motifs is 8. The van der Waals surface area contributed by atoms with Crippen LogP contribution in [0, 0.1) is 117 Å². The van der Waals surface area contributed by atoms with Crippen LogP contribution in [0.3, 0.4) is 0 Å². The van der Waals surface area contributed by atoms with Crippen LogP contribution in [-0.2, 0) is 0 Å². The summed E-state index contributed by atoms with van der Waals surface area (Å²) in [5, 5.41) is 0. The van der Waals surface area contributed by atoms with Gasteiger partial charge in [0, 0.05) is 22.7 Å². The molecule has 22 atom stereocenters. The fourth-order valence-electron chi connectivity index (χ4n) is 20.1. The molecule has 9 saturated carbocycles. The van der Waals surface area contributed by atoms with Gasteiger partial charge in [0.05, 0.1) is 0 Å². The smallest absolute Gasteiger partial charge is 0.161 e. The predicted molar refractivity (Wildman–Crippen MR) is 147 cm³/mol. The fourth-order valence-corrected chi connectivity index (χ4v) is 20.1. The van der Waals surface area contributed by atoms with Gasteiger partial charge in [0.25, 0.3) is 0 Å². The van der Waals surface area contributed by atoms with Crippen molar-refractivity contribution in [2.75, 3.05) is 0 Å². The highest BCUT2D eigenvalue weighted by atomic mass is 19.2. The molecule has 0 nitrogen and oxygen atoms in total. The van der Waals surface area contributed by atoms with E-state index in [1.54, 1.807) is 27.9 Å². The molecule has 0 radical (unpaired) electrons. The summed E-state index contributed by atoms with van der Waals surface area (Å²) < 4.78 is 35.8. The normalized spacial score (nSPS) is 76.3. The molecule has 0 bridgehead atoms. The zero-order valence-corrected chi connectivity index (χ0v) is 22.8. The maximum Gasteiger partial charge on any atom is 0.161 e. The second-order valence-corrected chi connectivity index (χ2v) is 18.4. The molecule has 18 aliphatic carbocycles. The van der Waals surface area contributed by atoms with E-state index in [-0.39, 0.29) is 23.7 Å². The number of hydrogen-bond acceptors (Lipinski definition) is 0. The summed E-state index contributed by atoms with van der Waals surface area (Å²) in [5.74, 6) is 8.42. The molecule has 0 aromatic rings. The van der Waals surface area contributed by atoms with Crippen molar-refractivity contribution >= 4 is 0 Å². The van der Waals surface area contributed by atoms with E-state index in [4.69, 9.17) is 0 Å². The Balaban J connectivity index is 1.15. The van der Waals surface area contributed by atoms with E-state index in [2.05, 4.69) is 48.6 Å².